The molecule has 2 N–H and O–H groups in total. The van der Waals surface area contributed by atoms with Crippen LogP contribution in [0.1, 0.15) is 72.0 Å². The molecule has 2 aromatic rings. The van der Waals surface area contributed by atoms with Gasteiger partial charge in [-0.15, -0.1) is 11.8 Å². The number of nitrogens with one attached hydrogen (secondary N) is 2. The molecule has 1 heterocycles. The molecule has 0 aromatic heterocycles. The van der Waals surface area contributed by atoms with Crippen molar-refractivity contribution in [1.82, 2.24) is 15.5 Å². The lowest BCUT2D eigenvalue weighted by atomic mass is 9.89. The largest absolute Gasteiger partial charge is 0.312 e. The number of likely N-dealkylation sites (N-methyl/N-ethyl adjacent to an activating group) is 1. The van der Waals surface area contributed by atoms with Gasteiger partial charge >= 0.3 is 0 Å². The molecular formula is C29H37N3O3S. The van der Waals surface area contributed by atoms with Gasteiger partial charge in [0.2, 0.25) is 11.8 Å². The molecule has 1 saturated heterocycles. The molecule has 2 amide bonds. The van der Waals surface area contributed by atoms with E-state index in [9.17, 15) is 14.4 Å². The van der Waals surface area contributed by atoms with Crippen LogP contribution >= 0.6 is 11.8 Å². The lowest BCUT2D eigenvalue weighted by Crippen LogP contribution is -2.51. The second-order valence-corrected chi connectivity index (χ2v) is 11.1. The summed E-state index contributed by atoms with van der Waals surface area (Å²) in [5.74, 6) is 1.15. The number of aldehydes is 1. The van der Waals surface area contributed by atoms with Crippen molar-refractivity contribution in [3.05, 3.63) is 64.7 Å². The zero-order valence-electron chi connectivity index (χ0n) is 21.1. The first-order valence-corrected chi connectivity index (χ1v) is 14.0. The number of thioether (sulfide) groups is 1. The second kappa shape index (κ2) is 13.2. The summed E-state index contributed by atoms with van der Waals surface area (Å²) in [6.07, 6.45) is 8.59. The highest BCUT2D eigenvalue weighted by molar-refractivity contribution is 7.98. The second-order valence-electron chi connectivity index (χ2n) is 10.1. The van der Waals surface area contributed by atoms with Crippen molar-refractivity contribution in [3.8, 4) is 0 Å². The van der Waals surface area contributed by atoms with Crippen LogP contribution in [0.4, 0.5) is 0 Å². The van der Waals surface area contributed by atoms with Gasteiger partial charge in [-0.1, -0.05) is 55.7 Å². The number of carbonyl (C=O) groups excluding carboxylic acids is 3. The van der Waals surface area contributed by atoms with Crippen molar-refractivity contribution >= 4 is 29.9 Å². The Labute approximate surface area is 218 Å². The van der Waals surface area contributed by atoms with E-state index in [1.54, 1.807) is 11.8 Å². The molecule has 192 valence electrons. The first-order chi connectivity index (χ1) is 17.5. The van der Waals surface area contributed by atoms with Crippen molar-refractivity contribution in [2.24, 2.45) is 5.92 Å². The SMILES string of the molecule is CN(Cc1c(C=O)cccc1SCc1ccc(CNCC2CCCCC2)cc1)C1CCC(=O)NC1=O. The highest BCUT2D eigenvalue weighted by Crippen LogP contribution is 2.30. The van der Waals surface area contributed by atoms with Gasteiger partial charge < -0.3 is 5.32 Å². The van der Waals surface area contributed by atoms with Crippen LogP contribution in [-0.2, 0) is 28.4 Å². The summed E-state index contributed by atoms with van der Waals surface area (Å²) in [7, 11) is 1.87. The average Bonchev–Trinajstić information content (AvgIpc) is 2.89. The minimum Gasteiger partial charge on any atom is -0.312 e. The van der Waals surface area contributed by atoms with Gasteiger partial charge in [-0.25, -0.2) is 0 Å². The number of amides is 2. The van der Waals surface area contributed by atoms with E-state index in [2.05, 4.69) is 34.9 Å². The minimum absolute atomic E-state index is 0.222. The number of imide groups is 1. The third-order valence-corrected chi connectivity index (χ3v) is 8.52. The number of benzene rings is 2. The molecule has 2 fully saturated rings. The molecule has 1 unspecified atom stereocenters. The molecule has 0 spiro atoms. The van der Waals surface area contributed by atoms with Crippen molar-refractivity contribution in [1.29, 1.82) is 0 Å². The maximum absolute atomic E-state index is 12.3. The van der Waals surface area contributed by atoms with E-state index in [1.807, 2.05) is 30.1 Å². The molecule has 1 aliphatic heterocycles. The summed E-state index contributed by atoms with van der Waals surface area (Å²) in [5, 5.41) is 6.05. The number of nitrogens with zero attached hydrogens (tertiary/aromatic N) is 1. The van der Waals surface area contributed by atoms with Gasteiger partial charge in [-0.3, -0.25) is 24.6 Å². The van der Waals surface area contributed by atoms with Crippen LogP contribution in [0, 0.1) is 5.92 Å². The van der Waals surface area contributed by atoms with E-state index in [1.165, 1.54) is 43.2 Å². The summed E-state index contributed by atoms with van der Waals surface area (Å²) in [5.41, 5.74) is 4.10. The van der Waals surface area contributed by atoms with E-state index in [0.717, 1.165) is 41.5 Å². The molecule has 7 heteroatoms. The average molecular weight is 508 g/mol. The van der Waals surface area contributed by atoms with E-state index >= 15 is 0 Å². The Balaban J connectivity index is 1.33. The van der Waals surface area contributed by atoms with E-state index in [4.69, 9.17) is 0 Å². The van der Waals surface area contributed by atoms with Crippen molar-refractivity contribution in [2.75, 3.05) is 13.6 Å². The maximum atomic E-state index is 12.3. The molecule has 1 atom stereocenters. The standard InChI is InChI=1S/C29H37N3O3S/c1-32(26-14-15-28(34)31-29(26)35)18-25-24(19-33)8-5-9-27(25)36-20-23-12-10-22(11-13-23)17-30-16-21-6-3-2-4-7-21/h5,8-13,19,21,26,30H,2-4,6-7,14-18,20H2,1H3,(H,31,34,35). The van der Waals surface area contributed by atoms with Gasteiger partial charge in [0.1, 0.15) is 6.29 Å². The molecule has 4 rings (SSSR count). The Bertz CT molecular complexity index is 1050. The van der Waals surface area contributed by atoms with Gasteiger partial charge in [0, 0.05) is 35.7 Å². The van der Waals surface area contributed by atoms with Crippen molar-refractivity contribution in [3.63, 3.8) is 0 Å². The van der Waals surface area contributed by atoms with Crippen molar-refractivity contribution < 1.29 is 14.4 Å². The zero-order chi connectivity index (χ0) is 25.3. The molecule has 1 saturated carbocycles. The Morgan fingerprint density at radius 3 is 2.50 bits per heavy atom. The topological polar surface area (TPSA) is 78.5 Å². The third-order valence-electron chi connectivity index (χ3n) is 7.35. The quantitative estimate of drug-likeness (QED) is 0.261. The van der Waals surface area contributed by atoms with E-state index in [0.29, 0.717) is 24.9 Å². The molecule has 1 aliphatic carbocycles. The van der Waals surface area contributed by atoms with Gasteiger partial charge in [0.25, 0.3) is 0 Å². The Morgan fingerprint density at radius 1 is 1.03 bits per heavy atom. The fraction of sp³-hybridized carbons (Fsp3) is 0.483. The fourth-order valence-electron chi connectivity index (χ4n) is 5.19. The van der Waals surface area contributed by atoms with Crippen LogP contribution in [0.2, 0.25) is 0 Å². The first kappa shape index (κ1) is 26.6. The predicted molar refractivity (Wildman–Crippen MR) is 144 cm³/mol. The molecule has 36 heavy (non-hydrogen) atoms. The number of carbonyl (C=O) groups is 3. The number of hydrogen-bond donors (Lipinski definition) is 2. The van der Waals surface area contributed by atoms with Crippen LogP contribution < -0.4 is 10.6 Å². The molecule has 0 radical (unpaired) electrons. The fourth-order valence-corrected chi connectivity index (χ4v) is 6.23. The summed E-state index contributed by atoms with van der Waals surface area (Å²) >= 11 is 1.71. The van der Waals surface area contributed by atoms with Crippen LogP contribution in [-0.4, -0.2) is 42.6 Å². The number of rotatable bonds is 11. The zero-order valence-corrected chi connectivity index (χ0v) is 21.9. The smallest absolute Gasteiger partial charge is 0.243 e. The summed E-state index contributed by atoms with van der Waals surface area (Å²) in [4.78, 5) is 38.6. The summed E-state index contributed by atoms with van der Waals surface area (Å²) < 4.78 is 0. The van der Waals surface area contributed by atoms with E-state index < -0.39 is 0 Å². The Morgan fingerprint density at radius 2 is 1.78 bits per heavy atom. The van der Waals surface area contributed by atoms with Crippen LogP contribution in [0.3, 0.4) is 0 Å². The third kappa shape index (κ3) is 7.28. The van der Waals surface area contributed by atoms with Crippen LogP contribution in [0.5, 0.6) is 0 Å². The highest BCUT2D eigenvalue weighted by atomic mass is 32.2. The molecule has 2 aliphatic rings. The Hall–Kier alpha value is -2.48. The van der Waals surface area contributed by atoms with Gasteiger partial charge in [-0.2, -0.15) is 0 Å². The molecule has 0 bridgehead atoms. The van der Waals surface area contributed by atoms with Crippen LogP contribution in [0.25, 0.3) is 0 Å². The number of piperidine rings is 1. The molecule has 2 aromatic carbocycles. The van der Waals surface area contributed by atoms with E-state index in [-0.39, 0.29) is 17.9 Å². The lowest BCUT2D eigenvalue weighted by molar-refractivity contribution is -0.137. The summed E-state index contributed by atoms with van der Waals surface area (Å²) in [6, 6.07) is 14.1. The van der Waals surface area contributed by atoms with Crippen molar-refractivity contribution in [2.45, 2.75) is 74.7 Å². The molecular weight excluding hydrogens is 470 g/mol. The van der Waals surface area contributed by atoms with Crippen LogP contribution in [0.15, 0.2) is 47.4 Å². The number of hydrogen-bond acceptors (Lipinski definition) is 6. The first-order valence-electron chi connectivity index (χ1n) is 13.1. The lowest BCUT2D eigenvalue weighted by Gasteiger charge is -2.30. The highest BCUT2D eigenvalue weighted by Gasteiger charge is 2.30. The predicted octanol–water partition coefficient (Wildman–Crippen LogP) is 4.70. The minimum atomic E-state index is -0.375. The van der Waals surface area contributed by atoms with Gasteiger partial charge in [0.15, 0.2) is 0 Å². The monoisotopic (exact) mass is 507 g/mol. The molecule has 6 nitrogen and oxygen atoms in total. The van der Waals surface area contributed by atoms with Gasteiger partial charge in [0.05, 0.1) is 6.04 Å². The summed E-state index contributed by atoms with van der Waals surface area (Å²) in [6.45, 7) is 2.48. The normalized spacial score (nSPS) is 18.9. The van der Waals surface area contributed by atoms with Gasteiger partial charge in [-0.05, 0) is 61.5 Å². The maximum Gasteiger partial charge on any atom is 0.243 e. The Kier molecular flexibility index (Phi) is 9.73.